The van der Waals surface area contributed by atoms with Crippen molar-refractivity contribution in [3.05, 3.63) is 23.9 Å². The molecular formula is C11H16N2O2. The van der Waals surface area contributed by atoms with E-state index >= 15 is 0 Å². The maximum absolute atomic E-state index is 12.1. The number of aromatic nitrogens is 1. The quantitative estimate of drug-likeness (QED) is 0.807. The molecule has 0 spiro atoms. The lowest BCUT2D eigenvalue weighted by atomic mass is 10.1. The van der Waals surface area contributed by atoms with Crippen LogP contribution in [0.1, 0.15) is 32.5 Å². The zero-order valence-corrected chi connectivity index (χ0v) is 9.37. The maximum atomic E-state index is 12.1. The van der Waals surface area contributed by atoms with Gasteiger partial charge in [0, 0.05) is 11.7 Å². The third-order valence-corrected chi connectivity index (χ3v) is 1.55. The first-order valence-corrected chi connectivity index (χ1v) is 4.62. The van der Waals surface area contributed by atoms with Crippen LogP contribution in [0.15, 0.2) is 18.3 Å². The summed E-state index contributed by atoms with van der Waals surface area (Å²) >= 11 is 0. The van der Waals surface area contributed by atoms with Crippen molar-refractivity contribution in [2.75, 3.05) is 7.11 Å². The summed E-state index contributed by atoms with van der Waals surface area (Å²) in [6.07, 6.45) is 1.39. The number of carbonyl (C=O) groups excluding carboxylic acids is 1. The predicted octanol–water partition coefficient (Wildman–Crippen LogP) is 1.62. The highest BCUT2D eigenvalue weighted by atomic mass is 16.5. The summed E-state index contributed by atoms with van der Waals surface area (Å²) in [6, 6.07) is 1.40. The van der Waals surface area contributed by atoms with Crippen LogP contribution < -0.4 is 10.0 Å². The van der Waals surface area contributed by atoms with Crippen LogP contribution >= 0.6 is 0 Å². The molecular weight excluding hydrogens is 192 g/mol. The molecule has 0 radical (unpaired) electrons. The molecule has 1 aromatic heterocycles. The number of hydrogen-bond acceptors (Lipinski definition) is 3. The smallest absolute Gasteiger partial charge is 0.257 e. The number of hydrogen-bond donors (Lipinski definition) is 1. The topological polar surface area (TPSA) is 51.2 Å². The first-order valence-electron chi connectivity index (χ1n) is 5.56. The monoisotopic (exact) mass is 210 g/mol. The Morgan fingerprint density at radius 3 is 2.87 bits per heavy atom. The molecule has 0 atom stereocenters. The van der Waals surface area contributed by atoms with E-state index in [0.29, 0.717) is 0 Å². The first-order chi connectivity index (χ1) is 7.79. The van der Waals surface area contributed by atoms with Gasteiger partial charge in [-0.1, -0.05) is 0 Å². The lowest BCUT2D eigenvalue weighted by molar-refractivity contribution is 0.0915. The Morgan fingerprint density at radius 2 is 2.33 bits per heavy atom. The Bertz CT molecular complexity index is 430. The number of methoxy groups -OCH3 is 1. The van der Waals surface area contributed by atoms with Gasteiger partial charge in [0.2, 0.25) is 5.88 Å². The molecule has 1 rings (SSSR count). The van der Waals surface area contributed by atoms with Gasteiger partial charge in [-0.3, -0.25) is 4.79 Å². The summed E-state index contributed by atoms with van der Waals surface area (Å²) in [7, 11) is 1.38. The molecule has 0 bridgehead atoms. The van der Waals surface area contributed by atoms with Gasteiger partial charge in [0.25, 0.3) is 5.91 Å². The largest absolute Gasteiger partial charge is 0.480 e. The zero-order chi connectivity index (χ0) is 13.2. The van der Waals surface area contributed by atoms with Crippen molar-refractivity contribution in [3.63, 3.8) is 0 Å². The summed E-state index contributed by atoms with van der Waals surface area (Å²) in [6.45, 7) is 5.22. The van der Waals surface area contributed by atoms with Gasteiger partial charge in [-0.15, -0.1) is 0 Å². The molecule has 0 aromatic carbocycles. The van der Waals surface area contributed by atoms with Crippen molar-refractivity contribution in [2.24, 2.45) is 0 Å². The molecule has 0 fully saturated rings. The van der Waals surface area contributed by atoms with Crippen molar-refractivity contribution < 1.29 is 12.3 Å². The first kappa shape index (κ1) is 8.71. The molecule has 0 aliphatic carbocycles. The average molecular weight is 210 g/mol. The standard InChI is InChI=1S/C11H16N2O2/c1-11(2,3)13-9(14)8-6-5-7-12-10(8)15-4/h5-7H,1-4H3,(H,13,14)/i6D/hD. The molecule has 0 aliphatic rings. The van der Waals surface area contributed by atoms with Gasteiger partial charge in [0.15, 0.2) is 1.41 Å². The minimum Gasteiger partial charge on any atom is -0.480 e. The van der Waals surface area contributed by atoms with E-state index in [2.05, 4.69) is 4.98 Å². The normalized spacial score (nSPS) is 12.8. The van der Waals surface area contributed by atoms with E-state index in [1.807, 2.05) is 0 Å². The van der Waals surface area contributed by atoms with Gasteiger partial charge in [-0.05, 0) is 32.9 Å². The summed E-state index contributed by atoms with van der Waals surface area (Å²) in [5, 5.41) is 0.824. The lowest BCUT2D eigenvalue weighted by Crippen LogP contribution is -2.40. The second-order valence-electron chi connectivity index (χ2n) is 4.06. The summed E-state index contributed by atoms with van der Waals surface area (Å²) < 4.78 is 20.4. The van der Waals surface area contributed by atoms with Crippen molar-refractivity contribution in [1.82, 2.24) is 10.3 Å². The van der Waals surface area contributed by atoms with Gasteiger partial charge in [0.1, 0.15) is 5.56 Å². The third-order valence-electron chi connectivity index (χ3n) is 1.55. The van der Waals surface area contributed by atoms with Crippen LogP contribution in [0, 0.1) is 0 Å². The molecule has 1 amide bonds. The lowest BCUT2D eigenvalue weighted by Gasteiger charge is -2.20. The van der Waals surface area contributed by atoms with Crippen LogP contribution in [-0.4, -0.2) is 23.5 Å². The molecule has 1 heterocycles. The van der Waals surface area contributed by atoms with Crippen molar-refractivity contribution >= 4 is 5.91 Å². The molecule has 0 aliphatic heterocycles. The number of nitrogens with zero attached hydrogens (tertiary/aromatic N) is 1. The second kappa shape index (κ2) is 4.29. The SMILES string of the molecule is [2H]c1ccnc(OC)c1C(=O)N([2H])C(C)(C)C. The number of nitrogens with one attached hydrogen (secondary N) is 1. The number of ether oxygens (including phenoxy) is 1. The molecule has 1 aromatic rings. The number of rotatable bonds is 2. The van der Waals surface area contributed by atoms with E-state index in [1.165, 1.54) is 19.4 Å². The van der Waals surface area contributed by atoms with Gasteiger partial charge in [0.05, 0.1) is 8.48 Å². The summed E-state index contributed by atoms with van der Waals surface area (Å²) in [5.74, 6) is -0.517. The number of pyridine rings is 1. The van der Waals surface area contributed by atoms with Gasteiger partial charge < -0.3 is 10.0 Å². The molecule has 4 nitrogen and oxygen atoms in total. The molecule has 4 heteroatoms. The van der Waals surface area contributed by atoms with Gasteiger partial charge >= 0.3 is 0 Å². The fourth-order valence-corrected chi connectivity index (χ4v) is 1.02. The number of carbonyl (C=O) groups is 1. The second-order valence-corrected chi connectivity index (χ2v) is 4.06. The van der Waals surface area contributed by atoms with E-state index in [0.717, 1.165) is 5.31 Å². The van der Waals surface area contributed by atoms with E-state index in [4.69, 9.17) is 7.52 Å². The summed E-state index contributed by atoms with van der Waals surface area (Å²) in [4.78, 5) is 16.0. The van der Waals surface area contributed by atoms with Gasteiger partial charge in [-0.2, -0.15) is 0 Å². The maximum Gasteiger partial charge on any atom is 0.257 e. The average Bonchev–Trinajstić information content (AvgIpc) is 2.25. The van der Waals surface area contributed by atoms with E-state index in [9.17, 15) is 4.79 Å². The molecule has 82 valence electrons. The van der Waals surface area contributed by atoms with E-state index in [-0.39, 0.29) is 17.5 Å². The predicted molar refractivity (Wildman–Crippen MR) is 58.0 cm³/mol. The van der Waals surface area contributed by atoms with E-state index in [1.54, 1.807) is 20.8 Å². The highest BCUT2D eigenvalue weighted by Crippen LogP contribution is 2.14. The number of amides is 1. The van der Waals surface area contributed by atoms with Crippen LogP contribution in [0.25, 0.3) is 0 Å². The summed E-state index contributed by atoms with van der Waals surface area (Å²) in [5.41, 5.74) is -0.635. The van der Waals surface area contributed by atoms with Crippen molar-refractivity contribution in [2.45, 2.75) is 26.3 Å². The Kier molecular flexibility index (Phi) is 2.49. The Morgan fingerprint density at radius 1 is 1.67 bits per heavy atom. The minimum atomic E-state index is -0.648. The van der Waals surface area contributed by atoms with Crippen LogP contribution in [0.5, 0.6) is 5.88 Å². The van der Waals surface area contributed by atoms with E-state index < -0.39 is 11.4 Å². The van der Waals surface area contributed by atoms with Crippen molar-refractivity contribution in [1.29, 1.82) is 0 Å². The third kappa shape index (κ3) is 3.23. The fraction of sp³-hybridized carbons (Fsp3) is 0.455. The van der Waals surface area contributed by atoms with Crippen LogP contribution in [0.4, 0.5) is 0 Å². The highest BCUT2D eigenvalue weighted by molar-refractivity contribution is 5.96. The zero-order valence-electron chi connectivity index (χ0n) is 11.4. The molecule has 0 unspecified atom stereocenters. The Hall–Kier alpha value is -1.58. The van der Waals surface area contributed by atoms with Crippen LogP contribution in [0.3, 0.4) is 0 Å². The Balaban J connectivity index is 3.21. The molecule has 0 saturated carbocycles. The highest BCUT2D eigenvalue weighted by Gasteiger charge is 2.18. The molecule has 0 saturated heterocycles. The van der Waals surface area contributed by atoms with Crippen LogP contribution in [-0.2, 0) is 0 Å². The van der Waals surface area contributed by atoms with Crippen LogP contribution in [0.2, 0.25) is 1.41 Å². The molecule has 15 heavy (non-hydrogen) atoms. The van der Waals surface area contributed by atoms with Gasteiger partial charge in [-0.25, -0.2) is 4.98 Å². The minimum absolute atomic E-state index is 0.00310. The van der Waals surface area contributed by atoms with Crippen molar-refractivity contribution in [3.8, 4) is 5.88 Å². The Labute approximate surface area is 92.5 Å². The fourth-order valence-electron chi connectivity index (χ4n) is 1.02. The molecule has 1 N–H and O–H groups in total.